The van der Waals surface area contributed by atoms with E-state index in [-0.39, 0.29) is 18.3 Å². The zero-order chi connectivity index (χ0) is 20.3. The Morgan fingerprint density at radius 2 is 2.21 bits per heavy atom. The second-order valence-corrected chi connectivity index (χ2v) is 7.20. The molecule has 2 fully saturated rings. The van der Waals surface area contributed by atoms with Crippen molar-refractivity contribution in [2.45, 2.75) is 18.9 Å². The molecule has 0 spiro atoms. The van der Waals surface area contributed by atoms with Crippen LogP contribution in [0.4, 0.5) is 20.6 Å². The van der Waals surface area contributed by atoms with E-state index in [1.54, 1.807) is 25.3 Å². The summed E-state index contributed by atoms with van der Waals surface area (Å²) in [5.74, 6) is -0.407. The fraction of sp³-hybridized carbons (Fsp3) is 0.421. The highest BCUT2D eigenvalue weighted by Crippen LogP contribution is 2.30. The molecule has 1 aromatic rings. The molecular formula is C19H21FN4O3S. The first kappa shape index (κ1) is 19.9. The van der Waals surface area contributed by atoms with Gasteiger partial charge in [-0.1, -0.05) is 5.57 Å². The Kier molecular flexibility index (Phi) is 5.99. The fourth-order valence-electron chi connectivity index (χ4n) is 3.40. The third-order valence-electron chi connectivity index (χ3n) is 4.94. The zero-order valence-corrected chi connectivity index (χ0v) is 16.3. The molecule has 3 rings (SSSR count). The van der Waals surface area contributed by atoms with Crippen molar-refractivity contribution in [1.29, 1.82) is 5.26 Å². The molecule has 28 heavy (non-hydrogen) atoms. The predicted octanol–water partition coefficient (Wildman–Crippen LogP) is 2.98. The van der Waals surface area contributed by atoms with Crippen LogP contribution in [0.5, 0.6) is 0 Å². The minimum Gasteiger partial charge on any atom is -0.487 e. The monoisotopic (exact) mass is 404 g/mol. The number of nitrogens with zero attached hydrogens (tertiary/aromatic N) is 4. The van der Waals surface area contributed by atoms with Crippen molar-refractivity contribution in [3.8, 4) is 6.07 Å². The van der Waals surface area contributed by atoms with Crippen LogP contribution in [0.25, 0.3) is 0 Å². The third-order valence-corrected chi connectivity index (χ3v) is 5.25. The molecule has 0 bridgehead atoms. The first-order valence-electron chi connectivity index (χ1n) is 8.93. The van der Waals surface area contributed by atoms with E-state index in [1.165, 1.54) is 15.9 Å². The number of aliphatic hydroxyl groups is 1. The summed E-state index contributed by atoms with van der Waals surface area (Å²) in [4.78, 5) is 16.9. The van der Waals surface area contributed by atoms with Gasteiger partial charge < -0.3 is 19.6 Å². The van der Waals surface area contributed by atoms with Crippen LogP contribution in [0, 0.1) is 17.1 Å². The highest BCUT2D eigenvalue weighted by Gasteiger charge is 2.34. The number of halogens is 1. The summed E-state index contributed by atoms with van der Waals surface area (Å²) >= 11 is 4.67. The number of allylic oxidation sites excluding steroid dienone is 1. The van der Waals surface area contributed by atoms with Gasteiger partial charge in [-0.05, 0) is 43.3 Å². The standard InChI is InChI=1S/C19H21FN4O3S/c1-22(19(26)28)11-15-12-24(18(25)27-15)14-2-3-17(16(20)10-14)23-8-5-13(4-7-21)6-9-23/h2-4,10,15H,5-6,8-9,11-12H2,1H3,(H,26,28)/t15-/m1/s1. The van der Waals surface area contributed by atoms with Crippen LogP contribution in [0.2, 0.25) is 0 Å². The van der Waals surface area contributed by atoms with Gasteiger partial charge in [-0.2, -0.15) is 5.26 Å². The number of cyclic esters (lactones) is 1. The molecule has 2 aliphatic heterocycles. The average molecular weight is 404 g/mol. The Morgan fingerprint density at radius 1 is 1.50 bits per heavy atom. The lowest BCUT2D eigenvalue weighted by Gasteiger charge is -2.30. The van der Waals surface area contributed by atoms with E-state index in [0.717, 1.165) is 18.4 Å². The predicted molar refractivity (Wildman–Crippen MR) is 107 cm³/mol. The van der Waals surface area contributed by atoms with Gasteiger partial charge in [0, 0.05) is 26.2 Å². The molecule has 2 saturated heterocycles. The van der Waals surface area contributed by atoms with Gasteiger partial charge in [-0.3, -0.25) is 4.90 Å². The van der Waals surface area contributed by atoms with Gasteiger partial charge in [0.15, 0.2) is 0 Å². The fourth-order valence-corrected chi connectivity index (χ4v) is 3.48. The number of piperidine rings is 1. The lowest BCUT2D eigenvalue weighted by molar-refractivity contribution is 0.127. The van der Waals surface area contributed by atoms with Crippen molar-refractivity contribution in [1.82, 2.24) is 4.90 Å². The molecule has 1 atom stereocenters. The zero-order valence-electron chi connectivity index (χ0n) is 15.5. The number of hydrogen-bond donors (Lipinski definition) is 1. The average Bonchev–Trinajstić information content (AvgIpc) is 3.03. The lowest BCUT2D eigenvalue weighted by atomic mass is 10.0. The van der Waals surface area contributed by atoms with Crippen LogP contribution in [-0.2, 0) is 4.74 Å². The van der Waals surface area contributed by atoms with Crippen molar-refractivity contribution in [3.05, 3.63) is 35.7 Å². The minimum atomic E-state index is -0.557. The molecule has 1 aromatic carbocycles. The van der Waals surface area contributed by atoms with Gasteiger partial charge in [-0.15, -0.1) is 0 Å². The summed E-state index contributed by atoms with van der Waals surface area (Å²) in [6.45, 7) is 1.79. The molecule has 7 nitrogen and oxygen atoms in total. The number of ether oxygens (including phenoxy) is 1. The number of aliphatic hydroxyl groups excluding tert-OH is 1. The second kappa shape index (κ2) is 8.44. The van der Waals surface area contributed by atoms with Gasteiger partial charge in [0.2, 0.25) is 0 Å². The highest BCUT2D eigenvalue weighted by atomic mass is 32.1. The van der Waals surface area contributed by atoms with Gasteiger partial charge in [0.05, 0.1) is 30.5 Å². The Bertz CT molecular complexity index is 844. The number of carbonyl (C=O) groups is 1. The van der Waals surface area contributed by atoms with Crippen molar-refractivity contribution < 1.29 is 19.0 Å². The van der Waals surface area contributed by atoms with Crippen molar-refractivity contribution in [3.63, 3.8) is 0 Å². The van der Waals surface area contributed by atoms with E-state index < -0.39 is 18.0 Å². The number of carbonyl (C=O) groups excluding carboxylic acids is 1. The third kappa shape index (κ3) is 4.34. The first-order chi connectivity index (χ1) is 13.4. The normalized spacial score (nSPS) is 19.2. The maximum atomic E-state index is 14.7. The number of hydrogen-bond acceptors (Lipinski definition) is 5. The maximum Gasteiger partial charge on any atom is 0.414 e. The largest absolute Gasteiger partial charge is 0.487 e. The summed E-state index contributed by atoms with van der Waals surface area (Å²) in [6.07, 6.45) is 1.99. The molecule has 0 unspecified atom stereocenters. The summed E-state index contributed by atoms with van der Waals surface area (Å²) in [6, 6.07) is 6.74. The first-order valence-corrected chi connectivity index (χ1v) is 9.34. The topological polar surface area (TPSA) is 80.0 Å². The summed E-state index contributed by atoms with van der Waals surface area (Å²) < 4.78 is 20.0. The Morgan fingerprint density at radius 3 is 2.82 bits per heavy atom. The quantitative estimate of drug-likeness (QED) is 0.610. The van der Waals surface area contributed by atoms with Gasteiger partial charge in [-0.25, -0.2) is 9.18 Å². The Hall–Kier alpha value is -2.86. The lowest BCUT2D eigenvalue weighted by Crippen LogP contribution is -2.35. The van der Waals surface area contributed by atoms with E-state index in [9.17, 15) is 14.3 Å². The Labute approximate surface area is 168 Å². The minimum absolute atomic E-state index is 0.247. The number of anilines is 2. The van der Waals surface area contributed by atoms with E-state index in [1.807, 2.05) is 11.0 Å². The van der Waals surface area contributed by atoms with Crippen molar-refractivity contribution in [2.24, 2.45) is 0 Å². The van der Waals surface area contributed by atoms with Crippen LogP contribution >= 0.6 is 12.2 Å². The van der Waals surface area contributed by atoms with Crippen LogP contribution < -0.4 is 9.80 Å². The molecule has 0 saturated carbocycles. The van der Waals surface area contributed by atoms with E-state index >= 15 is 0 Å². The van der Waals surface area contributed by atoms with Crippen LogP contribution in [0.15, 0.2) is 29.8 Å². The van der Waals surface area contributed by atoms with Gasteiger partial charge in [0.1, 0.15) is 11.9 Å². The molecule has 0 aromatic heterocycles. The molecule has 1 N–H and O–H groups in total. The van der Waals surface area contributed by atoms with Gasteiger partial charge in [0.25, 0.3) is 5.17 Å². The molecule has 0 aliphatic carbocycles. The maximum absolute atomic E-state index is 14.7. The van der Waals surface area contributed by atoms with Crippen molar-refractivity contribution >= 4 is 34.9 Å². The number of likely N-dealkylation sites (N-methyl/N-ethyl adjacent to an activating group) is 1. The molecule has 148 valence electrons. The number of benzene rings is 1. The molecule has 0 radical (unpaired) electrons. The smallest absolute Gasteiger partial charge is 0.414 e. The van der Waals surface area contributed by atoms with Crippen LogP contribution in [0.1, 0.15) is 12.8 Å². The van der Waals surface area contributed by atoms with E-state index in [4.69, 9.17) is 10.00 Å². The number of rotatable bonds is 4. The van der Waals surface area contributed by atoms with Crippen LogP contribution in [0.3, 0.4) is 0 Å². The Balaban J connectivity index is 1.67. The van der Waals surface area contributed by atoms with Crippen LogP contribution in [-0.4, -0.2) is 60.6 Å². The second-order valence-electron chi connectivity index (χ2n) is 6.83. The number of amides is 1. The molecule has 2 heterocycles. The summed E-state index contributed by atoms with van der Waals surface area (Å²) in [7, 11) is 1.60. The molecule has 1 amide bonds. The number of nitriles is 1. The molecule has 2 aliphatic rings. The van der Waals surface area contributed by atoms with Gasteiger partial charge >= 0.3 is 6.09 Å². The van der Waals surface area contributed by atoms with E-state index in [2.05, 4.69) is 12.2 Å². The highest BCUT2D eigenvalue weighted by molar-refractivity contribution is 7.79. The summed E-state index contributed by atoms with van der Waals surface area (Å²) in [5.41, 5.74) is 1.98. The molecule has 9 heteroatoms. The summed E-state index contributed by atoms with van der Waals surface area (Å²) in [5, 5.41) is 17.7. The number of thiocarbonyl (C=S) groups is 1. The van der Waals surface area contributed by atoms with Crippen molar-refractivity contribution in [2.75, 3.05) is 43.0 Å². The van der Waals surface area contributed by atoms with E-state index in [0.29, 0.717) is 24.5 Å². The molecular weight excluding hydrogens is 383 g/mol. The SMILES string of the molecule is CN(C[C@@H]1CN(c2ccc(N3CCC(=CC#N)CC3)c(F)c2)C(=O)O1)C(O)=S.